The molecule has 0 heterocycles. The maximum Gasteiger partial charge on any atom is 0.0895 e. The van der Waals surface area contributed by atoms with Crippen LogP contribution in [0.4, 0.5) is 0 Å². The number of rotatable bonds is 7. The van der Waals surface area contributed by atoms with Crippen molar-refractivity contribution in [3.8, 4) is 0 Å². The topological polar surface area (TPSA) is 69.6 Å². The van der Waals surface area contributed by atoms with Gasteiger partial charge >= 0.3 is 0 Å². The van der Waals surface area contributed by atoms with Crippen LogP contribution in [0, 0.1) is 0 Å². The van der Waals surface area contributed by atoms with Crippen molar-refractivity contribution in [2.24, 2.45) is 0 Å². The maximum absolute atomic E-state index is 10.7. The summed E-state index contributed by atoms with van der Waals surface area (Å²) in [5.41, 5.74) is 0. The van der Waals surface area contributed by atoms with Gasteiger partial charge < -0.3 is 15.5 Å². The zero-order chi connectivity index (χ0) is 10.3. The van der Waals surface area contributed by atoms with Crippen LogP contribution in [0.1, 0.15) is 13.3 Å². The molecule has 0 aromatic rings. The molecule has 0 aliphatic heterocycles. The fraction of sp³-hybridized carbons (Fsp3) is 1.00. The lowest BCUT2D eigenvalue weighted by atomic mass is 10.2. The van der Waals surface area contributed by atoms with E-state index in [0.29, 0.717) is 12.3 Å². The second-order valence-corrected chi connectivity index (χ2v) is 4.77. The Labute approximate surface area is 81.8 Å². The molecule has 0 amide bonds. The first-order valence-corrected chi connectivity index (χ1v) is 6.11. The molecule has 3 N–H and O–H groups in total. The third kappa shape index (κ3) is 8.36. The zero-order valence-corrected chi connectivity index (χ0v) is 9.01. The highest BCUT2D eigenvalue weighted by molar-refractivity contribution is 7.84. The van der Waals surface area contributed by atoms with Crippen molar-refractivity contribution in [1.82, 2.24) is 5.32 Å². The molecule has 0 aliphatic carbocycles. The van der Waals surface area contributed by atoms with E-state index in [1.54, 1.807) is 6.26 Å². The van der Waals surface area contributed by atoms with Crippen LogP contribution in [0.3, 0.4) is 0 Å². The van der Waals surface area contributed by atoms with Crippen LogP contribution in [0.25, 0.3) is 0 Å². The summed E-state index contributed by atoms with van der Waals surface area (Å²) in [6.07, 6.45) is 1.80. The molecule has 0 aromatic heterocycles. The van der Waals surface area contributed by atoms with Crippen molar-refractivity contribution in [2.45, 2.75) is 25.5 Å². The SMILES string of the molecule is CC(CCS(C)=O)NC[C@H](O)CO. The van der Waals surface area contributed by atoms with Gasteiger partial charge in [0.15, 0.2) is 0 Å². The summed E-state index contributed by atoms with van der Waals surface area (Å²) in [7, 11) is -0.754. The number of hydrogen-bond donors (Lipinski definition) is 3. The summed E-state index contributed by atoms with van der Waals surface area (Å²) >= 11 is 0. The van der Waals surface area contributed by atoms with Crippen LogP contribution in [-0.4, -0.2) is 51.7 Å². The van der Waals surface area contributed by atoms with Crippen LogP contribution in [0.15, 0.2) is 0 Å². The van der Waals surface area contributed by atoms with E-state index in [9.17, 15) is 4.21 Å². The molecular formula is C8H19NO3S. The van der Waals surface area contributed by atoms with Gasteiger partial charge in [0.05, 0.1) is 12.7 Å². The summed E-state index contributed by atoms with van der Waals surface area (Å²) < 4.78 is 10.7. The van der Waals surface area contributed by atoms with Gasteiger partial charge in [-0.1, -0.05) is 0 Å². The number of nitrogens with one attached hydrogen (secondary N) is 1. The Morgan fingerprint density at radius 2 is 2.15 bits per heavy atom. The molecule has 0 bridgehead atoms. The van der Waals surface area contributed by atoms with E-state index in [0.717, 1.165) is 6.42 Å². The van der Waals surface area contributed by atoms with Crippen LogP contribution < -0.4 is 5.32 Å². The molecule has 0 spiro atoms. The zero-order valence-electron chi connectivity index (χ0n) is 8.19. The minimum atomic E-state index is -0.754. The Bertz CT molecular complexity index is 154. The van der Waals surface area contributed by atoms with Gasteiger partial charge in [-0.25, -0.2) is 0 Å². The van der Waals surface area contributed by atoms with Crippen LogP contribution in [-0.2, 0) is 10.8 Å². The van der Waals surface area contributed by atoms with Crippen molar-refractivity contribution in [3.63, 3.8) is 0 Å². The molecule has 0 fully saturated rings. The fourth-order valence-electron chi connectivity index (χ4n) is 0.847. The quantitative estimate of drug-likeness (QED) is 0.507. The molecule has 3 atom stereocenters. The largest absolute Gasteiger partial charge is 0.394 e. The lowest BCUT2D eigenvalue weighted by Gasteiger charge is -2.15. The van der Waals surface area contributed by atoms with Crippen molar-refractivity contribution in [3.05, 3.63) is 0 Å². The predicted molar refractivity (Wildman–Crippen MR) is 54.1 cm³/mol. The first-order valence-electron chi connectivity index (χ1n) is 4.38. The van der Waals surface area contributed by atoms with Gasteiger partial charge in [0.1, 0.15) is 0 Å². The van der Waals surface area contributed by atoms with Crippen LogP contribution in [0.2, 0.25) is 0 Å². The molecule has 0 radical (unpaired) electrons. The maximum atomic E-state index is 10.7. The van der Waals surface area contributed by atoms with Gasteiger partial charge in [0, 0.05) is 35.4 Å². The van der Waals surface area contributed by atoms with Gasteiger partial charge in [0.2, 0.25) is 0 Å². The lowest BCUT2D eigenvalue weighted by molar-refractivity contribution is 0.0923. The van der Waals surface area contributed by atoms with Gasteiger partial charge in [-0.3, -0.25) is 4.21 Å². The Hall–Kier alpha value is 0.0300. The summed E-state index contributed by atoms with van der Waals surface area (Å²) in [4.78, 5) is 0. The highest BCUT2D eigenvalue weighted by Crippen LogP contribution is 1.92. The molecule has 5 heteroatoms. The molecule has 0 saturated heterocycles. The van der Waals surface area contributed by atoms with E-state index >= 15 is 0 Å². The monoisotopic (exact) mass is 209 g/mol. The first-order chi connectivity index (χ1) is 6.06. The van der Waals surface area contributed by atoms with Crippen LogP contribution in [0.5, 0.6) is 0 Å². The Kier molecular flexibility index (Phi) is 7.45. The van der Waals surface area contributed by atoms with Gasteiger partial charge in [-0.2, -0.15) is 0 Å². The standard InChI is InChI=1S/C8H19NO3S/c1-7(3-4-13(2)12)9-5-8(11)6-10/h7-11H,3-6H2,1-2H3/t7?,8-,13?/m0/s1. The summed E-state index contributed by atoms with van der Waals surface area (Å²) in [6.45, 7) is 2.13. The molecule has 0 aromatic carbocycles. The molecular weight excluding hydrogens is 190 g/mol. The van der Waals surface area contributed by atoms with Crippen molar-refractivity contribution in [2.75, 3.05) is 25.2 Å². The van der Waals surface area contributed by atoms with Gasteiger partial charge in [0.25, 0.3) is 0 Å². The molecule has 2 unspecified atom stereocenters. The van der Waals surface area contributed by atoms with E-state index in [1.165, 1.54) is 0 Å². The molecule has 0 aliphatic rings. The van der Waals surface area contributed by atoms with E-state index in [1.807, 2.05) is 6.92 Å². The number of aliphatic hydroxyl groups is 2. The molecule has 0 rings (SSSR count). The third-order valence-electron chi connectivity index (χ3n) is 1.75. The van der Waals surface area contributed by atoms with Crippen molar-refractivity contribution >= 4 is 10.8 Å². The van der Waals surface area contributed by atoms with Crippen molar-refractivity contribution < 1.29 is 14.4 Å². The minimum absolute atomic E-state index is 0.223. The van der Waals surface area contributed by atoms with E-state index in [-0.39, 0.29) is 12.6 Å². The molecule has 0 saturated carbocycles. The molecule has 4 nitrogen and oxygen atoms in total. The average molecular weight is 209 g/mol. The van der Waals surface area contributed by atoms with E-state index < -0.39 is 16.9 Å². The highest BCUT2D eigenvalue weighted by atomic mass is 32.2. The lowest BCUT2D eigenvalue weighted by Crippen LogP contribution is -2.36. The minimum Gasteiger partial charge on any atom is -0.394 e. The second kappa shape index (κ2) is 7.44. The average Bonchev–Trinajstić information content (AvgIpc) is 2.10. The normalized spacial score (nSPS) is 18.2. The number of aliphatic hydroxyl groups excluding tert-OH is 2. The number of hydrogen-bond acceptors (Lipinski definition) is 4. The van der Waals surface area contributed by atoms with Crippen LogP contribution >= 0.6 is 0 Å². The third-order valence-corrected chi connectivity index (χ3v) is 2.56. The van der Waals surface area contributed by atoms with E-state index in [4.69, 9.17) is 10.2 Å². The highest BCUT2D eigenvalue weighted by Gasteiger charge is 2.05. The van der Waals surface area contributed by atoms with Gasteiger partial charge in [-0.15, -0.1) is 0 Å². The van der Waals surface area contributed by atoms with Crippen molar-refractivity contribution in [1.29, 1.82) is 0 Å². The Balaban J connectivity index is 3.39. The second-order valence-electron chi connectivity index (χ2n) is 3.21. The fourth-order valence-corrected chi connectivity index (χ4v) is 1.53. The summed E-state index contributed by atoms with van der Waals surface area (Å²) in [6, 6.07) is 0.227. The van der Waals surface area contributed by atoms with Gasteiger partial charge in [-0.05, 0) is 13.3 Å². The molecule has 13 heavy (non-hydrogen) atoms. The summed E-state index contributed by atoms with van der Waals surface area (Å²) in [5, 5.41) is 20.6. The predicted octanol–water partition coefficient (Wildman–Crippen LogP) is -0.914. The Morgan fingerprint density at radius 3 is 2.62 bits per heavy atom. The smallest absolute Gasteiger partial charge is 0.0895 e. The Morgan fingerprint density at radius 1 is 1.54 bits per heavy atom. The first kappa shape index (κ1) is 13.0. The summed E-state index contributed by atoms with van der Waals surface area (Å²) in [5.74, 6) is 0.670. The molecule has 80 valence electrons. The van der Waals surface area contributed by atoms with E-state index in [2.05, 4.69) is 5.32 Å².